The van der Waals surface area contributed by atoms with Crippen LogP contribution < -0.4 is 0 Å². The molecule has 0 radical (unpaired) electrons. The Bertz CT molecular complexity index is 255. The van der Waals surface area contributed by atoms with Crippen molar-refractivity contribution in [1.82, 2.24) is 0 Å². The standard InChI is InChI=1S/C9H15Cl6O4P/c10-1-7(13)4-17-20(16,18-5-8(14)2-11)19-6-9(15)3-12/h7-9H,1-6H2/t7-,8-,9+/m1/s1. The van der Waals surface area contributed by atoms with Crippen molar-refractivity contribution in [2.24, 2.45) is 0 Å². The van der Waals surface area contributed by atoms with Crippen molar-refractivity contribution in [1.29, 1.82) is 0 Å². The maximum Gasteiger partial charge on any atom is 0.474 e. The first-order valence-electron chi connectivity index (χ1n) is 5.50. The maximum atomic E-state index is 12.3. The van der Waals surface area contributed by atoms with Crippen LogP contribution in [-0.4, -0.2) is 53.6 Å². The molecule has 0 amide bonds. The van der Waals surface area contributed by atoms with Gasteiger partial charge in [0.05, 0.1) is 36.0 Å². The predicted octanol–water partition coefficient (Wildman–Crippen LogP) is 4.68. The molecule has 0 rings (SSSR count). The fourth-order valence-electron chi connectivity index (χ4n) is 0.762. The number of rotatable bonds is 12. The lowest BCUT2D eigenvalue weighted by Gasteiger charge is -2.20. The fourth-order valence-corrected chi connectivity index (χ4v) is 2.79. The van der Waals surface area contributed by atoms with E-state index in [0.717, 1.165) is 0 Å². The Hall–Kier alpha value is 1.85. The van der Waals surface area contributed by atoms with Crippen LogP contribution in [0.1, 0.15) is 0 Å². The van der Waals surface area contributed by atoms with Gasteiger partial charge in [-0.2, -0.15) is 0 Å². The van der Waals surface area contributed by atoms with Crippen LogP contribution in [0.15, 0.2) is 0 Å². The summed E-state index contributed by atoms with van der Waals surface area (Å²) in [6, 6.07) is 0. The number of hydrogen-bond acceptors (Lipinski definition) is 4. The van der Waals surface area contributed by atoms with Gasteiger partial charge in [-0.05, 0) is 0 Å². The van der Waals surface area contributed by atoms with Crippen molar-refractivity contribution < 1.29 is 18.1 Å². The minimum Gasteiger partial charge on any atom is -0.285 e. The molecule has 0 aliphatic heterocycles. The van der Waals surface area contributed by atoms with Gasteiger partial charge in [0.1, 0.15) is 0 Å². The third kappa shape index (κ3) is 10.6. The van der Waals surface area contributed by atoms with E-state index in [4.69, 9.17) is 83.2 Å². The molecular formula is C9H15Cl6O4P. The van der Waals surface area contributed by atoms with Crippen LogP contribution in [-0.2, 0) is 18.1 Å². The quantitative estimate of drug-likeness (QED) is 0.333. The smallest absolute Gasteiger partial charge is 0.285 e. The zero-order valence-electron chi connectivity index (χ0n) is 10.3. The summed E-state index contributed by atoms with van der Waals surface area (Å²) in [7, 11) is -3.85. The summed E-state index contributed by atoms with van der Waals surface area (Å²) in [5.74, 6) is 0.379. The molecule has 0 spiro atoms. The third-order valence-corrected chi connectivity index (χ3v) is 5.57. The first-order chi connectivity index (χ1) is 9.36. The van der Waals surface area contributed by atoms with Gasteiger partial charge in [0.25, 0.3) is 0 Å². The minimum atomic E-state index is -3.85. The topological polar surface area (TPSA) is 44.8 Å². The largest absolute Gasteiger partial charge is 0.474 e. The number of hydrogen-bond donors (Lipinski definition) is 0. The molecule has 0 saturated heterocycles. The van der Waals surface area contributed by atoms with E-state index >= 15 is 0 Å². The molecule has 0 heterocycles. The Balaban J connectivity index is 4.45. The molecule has 3 atom stereocenters. The highest BCUT2D eigenvalue weighted by Gasteiger charge is 2.30. The molecule has 0 aromatic rings. The second-order valence-corrected chi connectivity index (χ2v) is 8.04. The highest BCUT2D eigenvalue weighted by atomic mass is 35.5. The van der Waals surface area contributed by atoms with Gasteiger partial charge in [-0.25, -0.2) is 4.57 Å². The van der Waals surface area contributed by atoms with E-state index in [1.807, 2.05) is 0 Å². The van der Waals surface area contributed by atoms with Crippen molar-refractivity contribution in [3.63, 3.8) is 0 Å². The summed E-state index contributed by atoms with van der Waals surface area (Å²) in [6.07, 6.45) is 0. The zero-order chi connectivity index (χ0) is 15.6. The van der Waals surface area contributed by atoms with E-state index in [9.17, 15) is 4.57 Å². The van der Waals surface area contributed by atoms with Crippen molar-refractivity contribution in [3.05, 3.63) is 0 Å². The van der Waals surface area contributed by atoms with Crippen LogP contribution in [0.2, 0.25) is 0 Å². The summed E-state index contributed by atoms with van der Waals surface area (Å²) in [5.41, 5.74) is 0. The Kier molecular flexibility index (Phi) is 13.4. The summed E-state index contributed by atoms with van der Waals surface area (Å²) < 4.78 is 27.5. The van der Waals surface area contributed by atoms with Crippen LogP contribution in [0.5, 0.6) is 0 Å². The van der Waals surface area contributed by atoms with Gasteiger partial charge < -0.3 is 0 Å². The zero-order valence-corrected chi connectivity index (χ0v) is 15.8. The molecule has 0 N–H and O–H groups in total. The molecule has 4 nitrogen and oxygen atoms in total. The van der Waals surface area contributed by atoms with Gasteiger partial charge in [-0.3, -0.25) is 13.6 Å². The monoisotopic (exact) mass is 428 g/mol. The van der Waals surface area contributed by atoms with Gasteiger partial charge in [0.15, 0.2) is 0 Å². The maximum absolute atomic E-state index is 12.3. The van der Waals surface area contributed by atoms with Crippen molar-refractivity contribution >= 4 is 77.4 Å². The summed E-state index contributed by atoms with van der Waals surface area (Å²) in [6.45, 7) is -0.321. The minimum absolute atomic E-state index is 0.107. The summed E-state index contributed by atoms with van der Waals surface area (Å²) >= 11 is 33.9. The Morgan fingerprint density at radius 2 is 0.950 bits per heavy atom. The molecule has 0 bridgehead atoms. The number of alkyl halides is 6. The predicted molar refractivity (Wildman–Crippen MR) is 86.5 cm³/mol. The van der Waals surface area contributed by atoms with Crippen LogP contribution >= 0.6 is 77.4 Å². The Morgan fingerprint density at radius 1 is 0.700 bits per heavy atom. The van der Waals surface area contributed by atoms with Crippen molar-refractivity contribution in [3.8, 4) is 0 Å². The molecule has 0 aliphatic carbocycles. The van der Waals surface area contributed by atoms with Gasteiger partial charge in [-0.1, -0.05) is 0 Å². The van der Waals surface area contributed by atoms with Crippen LogP contribution in [0, 0.1) is 0 Å². The lowest BCUT2D eigenvalue weighted by molar-refractivity contribution is 0.115. The molecule has 0 aromatic heterocycles. The van der Waals surface area contributed by atoms with Gasteiger partial charge in [0.2, 0.25) is 0 Å². The number of phosphoric ester groups is 1. The molecule has 0 aliphatic rings. The molecule has 20 heavy (non-hydrogen) atoms. The Labute approximate surface area is 148 Å². The average Bonchev–Trinajstić information content (AvgIpc) is 2.47. The second-order valence-electron chi connectivity index (χ2n) is 3.59. The van der Waals surface area contributed by atoms with E-state index < -0.39 is 24.0 Å². The number of halogens is 6. The fraction of sp³-hybridized carbons (Fsp3) is 1.00. The summed E-state index contributed by atoms with van der Waals surface area (Å²) in [5, 5.41) is -1.59. The summed E-state index contributed by atoms with van der Waals surface area (Å²) in [4.78, 5) is 0. The normalized spacial score (nSPS) is 16.9. The molecule has 11 heteroatoms. The van der Waals surface area contributed by atoms with Crippen LogP contribution in [0.3, 0.4) is 0 Å². The SMILES string of the molecule is O=P(OC[C@H](Cl)CCl)(OC[C@H](Cl)CCl)OC[C@@H](Cl)CCl. The van der Waals surface area contributed by atoms with Gasteiger partial charge in [-0.15, -0.1) is 69.6 Å². The molecule has 0 fully saturated rings. The molecular weight excluding hydrogens is 416 g/mol. The van der Waals surface area contributed by atoms with E-state index in [2.05, 4.69) is 0 Å². The van der Waals surface area contributed by atoms with E-state index in [0.29, 0.717) is 0 Å². The van der Waals surface area contributed by atoms with E-state index in [1.54, 1.807) is 0 Å². The lowest BCUT2D eigenvalue weighted by Crippen LogP contribution is -2.17. The lowest BCUT2D eigenvalue weighted by atomic mass is 10.5. The molecule has 122 valence electrons. The van der Waals surface area contributed by atoms with Crippen molar-refractivity contribution in [2.75, 3.05) is 37.5 Å². The van der Waals surface area contributed by atoms with Crippen molar-refractivity contribution in [2.45, 2.75) is 16.1 Å². The van der Waals surface area contributed by atoms with Crippen LogP contribution in [0.25, 0.3) is 0 Å². The molecule has 0 aromatic carbocycles. The third-order valence-electron chi connectivity index (χ3n) is 1.74. The second kappa shape index (κ2) is 12.3. The number of phosphoric acid groups is 1. The first kappa shape index (κ1) is 21.9. The van der Waals surface area contributed by atoms with Crippen LogP contribution in [0.4, 0.5) is 0 Å². The molecule has 0 unspecified atom stereocenters. The highest BCUT2D eigenvalue weighted by molar-refractivity contribution is 7.48. The van der Waals surface area contributed by atoms with E-state index in [-0.39, 0.29) is 37.5 Å². The van der Waals surface area contributed by atoms with Gasteiger partial charge >= 0.3 is 7.82 Å². The van der Waals surface area contributed by atoms with Gasteiger partial charge in [0, 0.05) is 17.6 Å². The average molecular weight is 431 g/mol. The van der Waals surface area contributed by atoms with E-state index in [1.165, 1.54) is 0 Å². The molecule has 0 saturated carbocycles. The first-order valence-corrected chi connectivity index (χ1v) is 9.88. The highest BCUT2D eigenvalue weighted by Crippen LogP contribution is 2.50. The Morgan fingerprint density at radius 3 is 1.15 bits per heavy atom.